The van der Waals surface area contributed by atoms with E-state index >= 15 is 0 Å². The molecule has 0 amide bonds. The van der Waals surface area contributed by atoms with Crippen LogP contribution in [0.4, 0.5) is 14.7 Å². The number of imidazole rings is 1. The summed E-state index contributed by atoms with van der Waals surface area (Å²) in [5.41, 5.74) is 5.26. The second-order valence-corrected chi connectivity index (χ2v) is 11.9. The van der Waals surface area contributed by atoms with Gasteiger partial charge in [0.05, 0.1) is 19.5 Å². The Hall–Kier alpha value is -3.65. The Morgan fingerprint density at radius 2 is 1.59 bits per heavy atom. The van der Waals surface area contributed by atoms with Crippen molar-refractivity contribution in [3.05, 3.63) is 76.8 Å². The molecule has 1 aliphatic rings. The summed E-state index contributed by atoms with van der Waals surface area (Å²) in [7, 11) is -9.44. The number of nitrogens with two attached hydrogens (primary N) is 1. The summed E-state index contributed by atoms with van der Waals surface area (Å²) in [4.78, 5) is 43.1. The van der Waals surface area contributed by atoms with Gasteiger partial charge >= 0.3 is 15.6 Å². The topological polar surface area (TPSA) is 201 Å². The largest absolute Gasteiger partial charge is 0.527 e. The number of nitrogens with zero attached hydrogens (tertiary/aromatic N) is 3. The van der Waals surface area contributed by atoms with Crippen LogP contribution in [0.3, 0.4) is 0 Å². The molecule has 0 saturated heterocycles. The molecular formula is C23H23F2N5O9P2. The smallest absolute Gasteiger partial charge is 0.404 e. The van der Waals surface area contributed by atoms with Crippen LogP contribution in [0.25, 0.3) is 11.2 Å². The standard InChI is InChI=1S/C23H23F2N5O9P2/c24-14-3-1-5-16(8-14)38-40(32,33)36-10-13-7-19(30-12-27-20-21(30)28-23(26)29-22(20)31)18(13)11-37-41(34,35)39-17-6-2-4-15(25)9-17/h1-6,8-9,12-13,18-19H,7,10-11H2,(H,32,33)(H,34,35)(H3,26,28,29,31)/t13-,18-,19-/m1/s1. The zero-order valence-electron chi connectivity index (χ0n) is 20.9. The third kappa shape index (κ3) is 6.81. The average molecular weight is 613 g/mol. The first-order valence-electron chi connectivity index (χ1n) is 12.0. The number of anilines is 1. The van der Waals surface area contributed by atoms with Gasteiger partial charge in [-0.1, -0.05) is 12.1 Å². The van der Waals surface area contributed by atoms with Crippen molar-refractivity contribution in [1.82, 2.24) is 19.5 Å². The monoisotopic (exact) mass is 613 g/mol. The van der Waals surface area contributed by atoms with Gasteiger partial charge in [0, 0.05) is 24.1 Å². The summed E-state index contributed by atoms with van der Waals surface area (Å²) in [5.74, 6) is -3.20. The van der Waals surface area contributed by atoms with Crippen LogP contribution in [0, 0.1) is 23.5 Å². The van der Waals surface area contributed by atoms with Crippen molar-refractivity contribution >= 4 is 32.8 Å². The molecule has 0 bridgehead atoms. The molecule has 1 fully saturated rings. The maximum Gasteiger partial charge on any atom is 0.527 e. The number of phosphoric ester groups is 2. The Labute approximate surface area is 229 Å². The van der Waals surface area contributed by atoms with Crippen LogP contribution in [-0.2, 0) is 18.2 Å². The average Bonchev–Trinajstić information content (AvgIpc) is 3.26. The number of halogens is 2. The van der Waals surface area contributed by atoms with Gasteiger partial charge in [-0.3, -0.25) is 28.6 Å². The van der Waals surface area contributed by atoms with Crippen LogP contribution in [0.2, 0.25) is 0 Å². The second-order valence-electron chi connectivity index (χ2n) is 9.13. The van der Waals surface area contributed by atoms with E-state index in [2.05, 4.69) is 15.0 Å². The number of hydrogen-bond acceptors (Lipinski definition) is 10. The molecule has 0 aliphatic heterocycles. The number of nitrogens with one attached hydrogen (secondary N) is 1. The lowest BCUT2D eigenvalue weighted by molar-refractivity contribution is -0.00445. The van der Waals surface area contributed by atoms with Crippen molar-refractivity contribution in [3.63, 3.8) is 0 Å². The van der Waals surface area contributed by atoms with E-state index in [-0.39, 0.29) is 41.6 Å². The van der Waals surface area contributed by atoms with E-state index in [1.807, 2.05) is 0 Å². The van der Waals surface area contributed by atoms with Crippen molar-refractivity contribution < 1.29 is 45.8 Å². The molecule has 0 spiro atoms. The van der Waals surface area contributed by atoms with Crippen molar-refractivity contribution in [1.29, 1.82) is 0 Å². The highest BCUT2D eigenvalue weighted by Crippen LogP contribution is 2.52. The third-order valence-corrected chi connectivity index (χ3v) is 8.20. The van der Waals surface area contributed by atoms with Gasteiger partial charge in [-0.25, -0.2) is 22.9 Å². The summed E-state index contributed by atoms with van der Waals surface area (Å²) in [6.07, 6.45) is 1.61. The first-order chi connectivity index (χ1) is 19.4. The van der Waals surface area contributed by atoms with Crippen molar-refractivity contribution in [2.75, 3.05) is 18.9 Å². The molecule has 2 aromatic heterocycles. The minimum Gasteiger partial charge on any atom is -0.404 e. The SMILES string of the molecule is Nc1nc2c(ncn2[C@@H]2C[C@H](COP(=O)(O)Oc3cccc(F)c3)[C@H]2COP(=O)(O)Oc2cccc(F)c2)c(=O)[nH]1. The lowest BCUT2D eigenvalue weighted by Gasteiger charge is -2.45. The van der Waals surface area contributed by atoms with Gasteiger partial charge in [0.25, 0.3) is 5.56 Å². The Morgan fingerprint density at radius 3 is 2.17 bits per heavy atom. The van der Waals surface area contributed by atoms with Crippen LogP contribution >= 0.6 is 15.6 Å². The minimum absolute atomic E-state index is 0.00388. The predicted octanol–water partition coefficient (Wildman–Crippen LogP) is 3.55. The van der Waals surface area contributed by atoms with Crippen molar-refractivity contribution in [2.45, 2.75) is 12.5 Å². The van der Waals surface area contributed by atoms with Gasteiger partial charge in [-0.15, -0.1) is 0 Å². The molecule has 4 aromatic rings. The second kappa shape index (κ2) is 11.3. The van der Waals surface area contributed by atoms with E-state index in [0.717, 1.165) is 24.3 Å². The lowest BCUT2D eigenvalue weighted by Crippen LogP contribution is -2.43. The van der Waals surface area contributed by atoms with E-state index in [4.69, 9.17) is 23.8 Å². The molecule has 1 aliphatic carbocycles. The predicted molar refractivity (Wildman–Crippen MR) is 139 cm³/mol. The van der Waals surface area contributed by atoms with E-state index in [0.29, 0.717) is 0 Å². The number of H-pyrrole nitrogens is 1. The molecule has 218 valence electrons. The number of nitrogen functional groups attached to an aromatic ring is 1. The molecule has 41 heavy (non-hydrogen) atoms. The van der Waals surface area contributed by atoms with Gasteiger partial charge in [-0.2, -0.15) is 4.98 Å². The lowest BCUT2D eigenvalue weighted by atomic mass is 9.70. The van der Waals surface area contributed by atoms with Gasteiger partial charge in [0.1, 0.15) is 23.1 Å². The number of fused-ring (bicyclic) bond motifs is 1. The first kappa shape index (κ1) is 28.9. The van der Waals surface area contributed by atoms with Crippen LogP contribution in [-0.4, -0.2) is 42.5 Å². The molecule has 18 heteroatoms. The molecule has 14 nitrogen and oxygen atoms in total. The third-order valence-electron chi connectivity index (χ3n) is 6.37. The fraction of sp³-hybridized carbons (Fsp3) is 0.261. The van der Waals surface area contributed by atoms with Gasteiger partial charge in [0.15, 0.2) is 11.2 Å². The molecule has 1 saturated carbocycles. The number of rotatable bonds is 11. The Balaban J connectivity index is 1.33. The molecular weight excluding hydrogens is 590 g/mol. The van der Waals surface area contributed by atoms with Crippen LogP contribution < -0.4 is 20.3 Å². The maximum absolute atomic E-state index is 13.5. The van der Waals surface area contributed by atoms with E-state index < -0.39 is 57.3 Å². The van der Waals surface area contributed by atoms with Gasteiger partial charge < -0.3 is 19.3 Å². The highest BCUT2D eigenvalue weighted by atomic mass is 31.2. The number of phosphoric acid groups is 2. The molecule has 2 aromatic carbocycles. The van der Waals surface area contributed by atoms with Crippen LogP contribution in [0.5, 0.6) is 11.5 Å². The fourth-order valence-corrected chi connectivity index (χ4v) is 6.07. The zero-order chi connectivity index (χ0) is 29.4. The number of benzene rings is 2. The summed E-state index contributed by atoms with van der Waals surface area (Å²) in [6.45, 7) is -0.794. The summed E-state index contributed by atoms with van der Waals surface area (Å²) >= 11 is 0. The number of hydrogen-bond donors (Lipinski definition) is 4. The molecule has 5 N–H and O–H groups in total. The molecule has 0 radical (unpaired) electrons. The summed E-state index contributed by atoms with van der Waals surface area (Å²) in [6, 6.07) is 8.63. The van der Waals surface area contributed by atoms with Crippen LogP contribution in [0.1, 0.15) is 12.5 Å². The highest BCUT2D eigenvalue weighted by Gasteiger charge is 2.46. The Bertz CT molecular complexity index is 1740. The van der Waals surface area contributed by atoms with Crippen LogP contribution in [0.15, 0.2) is 59.7 Å². The normalized spacial score (nSPS) is 21.5. The minimum atomic E-state index is -4.75. The molecule has 5 atom stereocenters. The fourth-order valence-electron chi connectivity index (χ4n) is 4.46. The van der Waals surface area contributed by atoms with Gasteiger partial charge in [0.2, 0.25) is 5.95 Å². The van der Waals surface area contributed by atoms with E-state index in [9.17, 15) is 32.5 Å². The number of aromatic amines is 1. The Kier molecular flexibility index (Phi) is 7.97. The highest BCUT2D eigenvalue weighted by molar-refractivity contribution is 7.48. The quantitative estimate of drug-likeness (QED) is 0.180. The molecule has 2 heterocycles. The molecule has 5 rings (SSSR count). The number of aromatic nitrogens is 4. The van der Waals surface area contributed by atoms with E-state index in [1.165, 1.54) is 35.2 Å². The first-order valence-corrected chi connectivity index (χ1v) is 15.0. The summed E-state index contributed by atoms with van der Waals surface area (Å²) < 4.78 is 73.7. The van der Waals surface area contributed by atoms with E-state index in [1.54, 1.807) is 0 Å². The van der Waals surface area contributed by atoms with Gasteiger partial charge in [-0.05, 0) is 36.6 Å². The molecule has 2 unspecified atom stereocenters. The van der Waals surface area contributed by atoms with Crippen molar-refractivity contribution in [2.24, 2.45) is 11.8 Å². The summed E-state index contributed by atoms with van der Waals surface area (Å²) in [5, 5.41) is 0. The van der Waals surface area contributed by atoms with Crippen molar-refractivity contribution in [3.8, 4) is 11.5 Å². The Morgan fingerprint density at radius 1 is 1.00 bits per heavy atom. The maximum atomic E-state index is 13.5. The zero-order valence-corrected chi connectivity index (χ0v) is 22.7.